The second kappa shape index (κ2) is 4.97. The molecule has 2 nitrogen and oxygen atoms in total. The predicted molar refractivity (Wildman–Crippen MR) is 55.7 cm³/mol. The van der Waals surface area contributed by atoms with Crippen molar-refractivity contribution in [2.45, 2.75) is 52.2 Å². The van der Waals surface area contributed by atoms with Gasteiger partial charge < -0.3 is 5.11 Å². The first-order valence-electron chi connectivity index (χ1n) is 5.57. The monoisotopic (exact) mass is 185 g/mol. The average molecular weight is 185 g/mol. The van der Waals surface area contributed by atoms with E-state index in [4.69, 9.17) is 0 Å². The molecule has 0 aliphatic heterocycles. The molecule has 13 heavy (non-hydrogen) atoms. The Morgan fingerprint density at radius 1 is 1.38 bits per heavy atom. The molecule has 0 aromatic rings. The van der Waals surface area contributed by atoms with Crippen LogP contribution in [0, 0.1) is 5.92 Å². The van der Waals surface area contributed by atoms with Gasteiger partial charge in [0.1, 0.15) is 0 Å². The van der Waals surface area contributed by atoms with Crippen molar-refractivity contribution in [1.29, 1.82) is 0 Å². The van der Waals surface area contributed by atoms with Crippen molar-refractivity contribution in [3.05, 3.63) is 0 Å². The van der Waals surface area contributed by atoms with Crippen molar-refractivity contribution < 1.29 is 5.11 Å². The molecule has 1 N–H and O–H groups in total. The molecular weight excluding hydrogens is 162 g/mol. The first-order chi connectivity index (χ1) is 6.15. The Hall–Kier alpha value is -0.0800. The zero-order valence-corrected chi connectivity index (χ0v) is 9.16. The summed E-state index contributed by atoms with van der Waals surface area (Å²) < 4.78 is 0. The molecule has 0 amide bonds. The smallest absolute Gasteiger partial charge is 0.0690 e. The first kappa shape index (κ1) is 11.0. The van der Waals surface area contributed by atoms with Crippen LogP contribution in [0.2, 0.25) is 0 Å². The van der Waals surface area contributed by atoms with Gasteiger partial charge in [-0.25, -0.2) is 0 Å². The molecule has 0 aromatic heterocycles. The maximum Gasteiger partial charge on any atom is 0.0690 e. The number of aliphatic hydroxyl groups excluding tert-OH is 1. The largest absolute Gasteiger partial charge is 0.392 e. The first-order valence-corrected chi connectivity index (χ1v) is 5.57. The van der Waals surface area contributed by atoms with Gasteiger partial charge in [0.05, 0.1) is 6.10 Å². The fourth-order valence-electron chi connectivity index (χ4n) is 1.60. The Bertz CT molecular complexity index is 143. The Labute approximate surface area is 81.9 Å². The van der Waals surface area contributed by atoms with E-state index >= 15 is 0 Å². The van der Waals surface area contributed by atoms with Crippen molar-refractivity contribution in [3.8, 4) is 0 Å². The number of aliphatic hydroxyl groups is 1. The van der Waals surface area contributed by atoms with Crippen molar-refractivity contribution in [3.63, 3.8) is 0 Å². The summed E-state index contributed by atoms with van der Waals surface area (Å²) in [6.07, 6.45) is 3.73. The number of hydrogen-bond donors (Lipinski definition) is 1. The summed E-state index contributed by atoms with van der Waals surface area (Å²) in [4.78, 5) is 2.45. The maximum atomic E-state index is 9.76. The van der Waals surface area contributed by atoms with Gasteiger partial charge >= 0.3 is 0 Å². The van der Waals surface area contributed by atoms with Crippen LogP contribution in [-0.2, 0) is 0 Å². The van der Waals surface area contributed by atoms with Gasteiger partial charge in [0, 0.05) is 12.6 Å². The molecule has 1 saturated carbocycles. The summed E-state index contributed by atoms with van der Waals surface area (Å²) in [7, 11) is 0. The van der Waals surface area contributed by atoms with Crippen LogP contribution in [0.25, 0.3) is 0 Å². The van der Waals surface area contributed by atoms with Crippen LogP contribution >= 0.6 is 0 Å². The molecule has 0 saturated heterocycles. The third-order valence-corrected chi connectivity index (χ3v) is 2.77. The molecule has 78 valence electrons. The summed E-state index contributed by atoms with van der Waals surface area (Å²) >= 11 is 0. The number of hydrogen-bond acceptors (Lipinski definition) is 2. The molecular formula is C11H23NO. The number of rotatable bonds is 6. The minimum absolute atomic E-state index is 0.146. The van der Waals surface area contributed by atoms with Gasteiger partial charge in [-0.3, -0.25) is 4.90 Å². The average Bonchev–Trinajstić information content (AvgIpc) is 2.85. The van der Waals surface area contributed by atoms with Gasteiger partial charge in [0.25, 0.3) is 0 Å². The van der Waals surface area contributed by atoms with E-state index in [9.17, 15) is 5.11 Å². The fraction of sp³-hybridized carbons (Fsp3) is 1.00. The molecule has 0 aromatic carbocycles. The molecule has 0 heterocycles. The molecule has 1 rings (SSSR count). The van der Waals surface area contributed by atoms with E-state index in [0.717, 1.165) is 19.1 Å². The van der Waals surface area contributed by atoms with E-state index in [0.29, 0.717) is 5.92 Å². The molecule has 1 aliphatic carbocycles. The maximum absolute atomic E-state index is 9.76. The summed E-state index contributed by atoms with van der Waals surface area (Å²) in [5.41, 5.74) is 0. The van der Waals surface area contributed by atoms with Crippen LogP contribution in [0.15, 0.2) is 0 Å². The van der Waals surface area contributed by atoms with E-state index in [-0.39, 0.29) is 6.10 Å². The van der Waals surface area contributed by atoms with Crippen LogP contribution in [0.1, 0.15) is 40.0 Å². The van der Waals surface area contributed by atoms with Crippen LogP contribution in [0.5, 0.6) is 0 Å². The van der Waals surface area contributed by atoms with E-state index < -0.39 is 0 Å². The summed E-state index contributed by atoms with van der Waals surface area (Å²) in [6.45, 7) is 8.39. The van der Waals surface area contributed by atoms with E-state index in [1.807, 2.05) is 0 Å². The zero-order chi connectivity index (χ0) is 9.84. The minimum atomic E-state index is -0.146. The summed E-state index contributed by atoms with van der Waals surface area (Å²) in [6, 6.07) is 0.786. The quantitative estimate of drug-likeness (QED) is 0.683. The van der Waals surface area contributed by atoms with Crippen LogP contribution < -0.4 is 0 Å². The number of nitrogens with zero attached hydrogens (tertiary/aromatic N) is 1. The van der Waals surface area contributed by atoms with Gasteiger partial charge in [-0.05, 0) is 31.7 Å². The molecule has 1 aliphatic rings. The molecule has 0 spiro atoms. The van der Waals surface area contributed by atoms with Gasteiger partial charge in [-0.15, -0.1) is 0 Å². The summed E-state index contributed by atoms with van der Waals surface area (Å²) in [5.74, 6) is 0.387. The van der Waals surface area contributed by atoms with Crippen LogP contribution in [0.3, 0.4) is 0 Å². The van der Waals surface area contributed by atoms with Gasteiger partial charge in [-0.2, -0.15) is 0 Å². The molecule has 1 unspecified atom stereocenters. The Morgan fingerprint density at radius 2 is 2.00 bits per heavy atom. The van der Waals surface area contributed by atoms with E-state index in [1.54, 1.807) is 0 Å². The lowest BCUT2D eigenvalue weighted by Crippen LogP contribution is -2.37. The van der Waals surface area contributed by atoms with Crippen molar-refractivity contribution in [2.75, 3.05) is 13.1 Å². The van der Waals surface area contributed by atoms with Crippen molar-refractivity contribution >= 4 is 0 Å². The Balaban J connectivity index is 2.28. The highest BCUT2D eigenvalue weighted by atomic mass is 16.3. The normalized spacial score (nSPS) is 19.8. The lowest BCUT2D eigenvalue weighted by atomic mass is 10.1. The molecule has 2 heteroatoms. The lowest BCUT2D eigenvalue weighted by Gasteiger charge is -2.26. The van der Waals surface area contributed by atoms with Crippen LogP contribution in [0.4, 0.5) is 0 Å². The second-order valence-electron chi connectivity index (χ2n) is 4.54. The second-order valence-corrected chi connectivity index (χ2v) is 4.54. The van der Waals surface area contributed by atoms with Crippen molar-refractivity contribution in [1.82, 2.24) is 4.90 Å². The van der Waals surface area contributed by atoms with Crippen molar-refractivity contribution in [2.24, 2.45) is 5.92 Å². The fourth-order valence-corrected chi connectivity index (χ4v) is 1.60. The Kier molecular flexibility index (Phi) is 4.20. The Morgan fingerprint density at radius 3 is 2.38 bits per heavy atom. The molecule has 0 radical (unpaired) electrons. The highest BCUT2D eigenvalue weighted by molar-refractivity contribution is 4.85. The minimum Gasteiger partial charge on any atom is -0.392 e. The molecule has 1 fully saturated rings. The predicted octanol–water partition coefficient (Wildman–Crippen LogP) is 1.88. The van der Waals surface area contributed by atoms with Crippen LogP contribution in [-0.4, -0.2) is 35.2 Å². The highest BCUT2D eigenvalue weighted by Crippen LogP contribution is 2.27. The summed E-state index contributed by atoms with van der Waals surface area (Å²) in [5, 5.41) is 9.76. The standard InChI is InChI=1S/C11H23NO/c1-4-7-12(10-5-6-10)8-11(13)9(2)3/h9-11,13H,4-8H2,1-3H3. The van der Waals surface area contributed by atoms with E-state index in [2.05, 4.69) is 25.7 Å². The molecule has 1 atom stereocenters. The van der Waals surface area contributed by atoms with Gasteiger partial charge in [0.2, 0.25) is 0 Å². The van der Waals surface area contributed by atoms with E-state index in [1.165, 1.54) is 19.3 Å². The third kappa shape index (κ3) is 3.65. The SMILES string of the molecule is CCCN(CC(O)C(C)C)C1CC1. The van der Waals surface area contributed by atoms with Gasteiger partial charge in [0.15, 0.2) is 0 Å². The topological polar surface area (TPSA) is 23.5 Å². The third-order valence-electron chi connectivity index (χ3n) is 2.77. The zero-order valence-electron chi connectivity index (χ0n) is 9.16. The highest BCUT2D eigenvalue weighted by Gasteiger charge is 2.29. The van der Waals surface area contributed by atoms with Gasteiger partial charge in [-0.1, -0.05) is 20.8 Å². The lowest BCUT2D eigenvalue weighted by molar-refractivity contribution is 0.0729. The molecule has 0 bridgehead atoms.